The van der Waals surface area contributed by atoms with Gasteiger partial charge in [-0.1, -0.05) is 0 Å². The van der Waals surface area contributed by atoms with Gasteiger partial charge in [0.25, 0.3) is 0 Å². The number of likely N-dealkylation sites (tertiary alicyclic amines) is 1. The molecule has 1 unspecified atom stereocenters. The minimum atomic E-state index is -2.02. The Morgan fingerprint density at radius 3 is 2.53 bits per heavy atom. The lowest BCUT2D eigenvalue weighted by molar-refractivity contribution is -0.151. The van der Waals surface area contributed by atoms with Crippen molar-refractivity contribution in [3.8, 4) is 0 Å². The summed E-state index contributed by atoms with van der Waals surface area (Å²) in [5.41, 5.74) is 0. The molecule has 5 nitrogen and oxygen atoms in total. The molecule has 0 aromatic rings. The van der Waals surface area contributed by atoms with Crippen molar-refractivity contribution in [2.45, 2.75) is 38.5 Å². The monoisotopic (exact) mass is 277 g/mol. The van der Waals surface area contributed by atoms with Gasteiger partial charge in [-0.15, -0.1) is 11.6 Å². The van der Waals surface area contributed by atoms with E-state index in [0.717, 1.165) is 4.90 Å². The maximum Gasteiger partial charge on any atom is 0.316 e. The third-order valence-electron chi connectivity index (χ3n) is 2.27. The highest BCUT2D eigenvalue weighted by Gasteiger charge is 2.41. The Labute approximate surface area is 106 Å². The molecule has 1 heterocycles. The van der Waals surface area contributed by atoms with Crippen molar-refractivity contribution < 1.29 is 18.8 Å². The van der Waals surface area contributed by atoms with Crippen LogP contribution in [0.3, 0.4) is 0 Å². The van der Waals surface area contributed by atoms with E-state index in [1.54, 1.807) is 0 Å². The molecule has 1 rings (SSSR count). The highest BCUT2D eigenvalue weighted by molar-refractivity contribution is 6.71. The number of alkyl halides is 1. The molecule has 0 saturated carbocycles. The van der Waals surface area contributed by atoms with Gasteiger partial charge in [-0.25, -0.2) is 0 Å². The van der Waals surface area contributed by atoms with Crippen molar-refractivity contribution in [1.29, 1.82) is 0 Å². The first kappa shape index (κ1) is 14.2. The molecule has 0 bridgehead atoms. The van der Waals surface area contributed by atoms with Gasteiger partial charge in [-0.2, -0.15) is 0 Å². The van der Waals surface area contributed by atoms with Crippen LogP contribution in [0.4, 0.5) is 0 Å². The van der Waals surface area contributed by atoms with Gasteiger partial charge in [0.2, 0.25) is 20.1 Å². The molecule has 0 spiro atoms. The lowest BCUT2D eigenvalue weighted by atomic mass is 10.2. The topological polar surface area (TPSA) is 63.7 Å². The van der Waals surface area contributed by atoms with Crippen molar-refractivity contribution in [3.63, 3.8) is 0 Å². The summed E-state index contributed by atoms with van der Waals surface area (Å²) in [5.74, 6) is -1.68. The second-order valence-electron chi connectivity index (χ2n) is 4.88. The van der Waals surface area contributed by atoms with E-state index >= 15 is 0 Å². The fourth-order valence-electron chi connectivity index (χ4n) is 1.65. The maximum absolute atomic E-state index is 11.9. The molecule has 1 atom stereocenters. The number of imide groups is 1. The van der Waals surface area contributed by atoms with Gasteiger partial charge in [0.05, 0.1) is 0 Å². The number of hydrogen-bond acceptors (Lipinski definition) is 4. The number of halogens is 1. The lowest BCUT2D eigenvalue weighted by Gasteiger charge is -2.25. The highest BCUT2D eigenvalue weighted by atomic mass is 35.5. The molecule has 0 aliphatic carbocycles. The maximum atomic E-state index is 11.9. The van der Waals surface area contributed by atoms with E-state index in [4.69, 9.17) is 16.0 Å². The molecule has 96 valence electrons. The van der Waals surface area contributed by atoms with Crippen LogP contribution in [0.1, 0.15) is 12.8 Å². The van der Waals surface area contributed by atoms with Crippen LogP contribution in [-0.4, -0.2) is 42.9 Å². The second-order valence-corrected chi connectivity index (χ2v) is 9.58. The average molecular weight is 278 g/mol. The molecule has 1 aliphatic rings. The Morgan fingerprint density at radius 2 is 2.06 bits per heavy atom. The molecule has 0 aromatic heterocycles. The Hall–Kier alpha value is -0.883. The lowest BCUT2D eigenvalue weighted by Crippen LogP contribution is -2.46. The van der Waals surface area contributed by atoms with Crippen molar-refractivity contribution in [2.24, 2.45) is 0 Å². The zero-order valence-corrected chi connectivity index (χ0v) is 11.9. The molecule has 2 amide bonds. The Balaban J connectivity index is 2.79. The molecule has 0 radical (unpaired) electrons. The largest absolute Gasteiger partial charge is 0.518 e. The van der Waals surface area contributed by atoms with E-state index < -0.39 is 26.2 Å². The van der Waals surface area contributed by atoms with E-state index in [-0.39, 0.29) is 18.2 Å². The number of amides is 2. The SMILES string of the molecule is C[Si](C)(C)OC(=O)C1CCC(=O)N1C(=O)CCl. The van der Waals surface area contributed by atoms with Crippen LogP contribution < -0.4 is 0 Å². The summed E-state index contributed by atoms with van der Waals surface area (Å²) in [6.07, 6.45) is 0.513. The van der Waals surface area contributed by atoms with Gasteiger partial charge >= 0.3 is 5.97 Å². The predicted octanol–water partition coefficient (Wildman–Crippen LogP) is 1.12. The first-order valence-corrected chi connectivity index (χ1v) is 9.34. The predicted molar refractivity (Wildman–Crippen MR) is 65.0 cm³/mol. The van der Waals surface area contributed by atoms with Crippen LogP contribution >= 0.6 is 11.6 Å². The number of carbonyl (C=O) groups is 3. The van der Waals surface area contributed by atoms with Gasteiger partial charge in [0.1, 0.15) is 11.9 Å². The fraction of sp³-hybridized carbons (Fsp3) is 0.700. The van der Waals surface area contributed by atoms with Crippen molar-refractivity contribution in [1.82, 2.24) is 4.90 Å². The summed E-state index contributed by atoms with van der Waals surface area (Å²) >= 11 is 5.41. The van der Waals surface area contributed by atoms with E-state index in [0.29, 0.717) is 6.42 Å². The van der Waals surface area contributed by atoms with E-state index in [1.165, 1.54) is 0 Å². The zero-order valence-electron chi connectivity index (χ0n) is 10.2. The van der Waals surface area contributed by atoms with Crippen LogP contribution in [0.5, 0.6) is 0 Å². The summed E-state index contributed by atoms with van der Waals surface area (Å²) in [6.45, 7) is 5.61. The van der Waals surface area contributed by atoms with Crippen LogP contribution in [0, 0.1) is 0 Å². The molecular weight excluding hydrogens is 262 g/mol. The van der Waals surface area contributed by atoms with Gasteiger partial charge < -0.3 is 4.43 Å². The standard InChI is InChI=1S/C10H16ClNO4Si/c1-17(2,3)16-10(15)7-4-5-8(13)12(7)9(14)6-11/h7H,4-6H2,1-3H3. The molecule has 1 aliphatic heterocycles. The summed E-state index contributed by atoms with van der Waals surface area (Å²) in [5, 5.41) is 0. The van der Waals surface area contributed by atoms with Crippen LogP contribution in [0.15, 0.2) is 0 Å². The normalized spacial score (nSPS) is 20.6. The molecule has 7 heteroatoms. The minimum Gasteiger partial charge on any atom is -0.518 e. The zero-order chi connectivity index (χ0) is 13.2. The van der Waals surface area contributed by atoms with Crippen molar-refractivity contribution >= 4 is 37.7 Å². The molecule has 17 heavy (non-hydrogen) atoms. The van der Waals surface area contributed by atoms with Crippen LogP contribution in [0.25, 0.3) is 0 Å². The summed E-state index contributed by atoms with van der Waals surface area (Å²) in [4.78, 5) is 35.8. The minimum absolute atomic E-state index is 0.189. The van der Waals surface area contributed by atoms with Gasteiger partial charge in [0.15, 0.2) is 0 Å². The van der Waals surface area contributed by atoms with E-state index in [2.05, 4.69) is 0 Å². The van der Waals surface area contributed by atoms with Gasteiger partial charge in [-0.05, 0) is 26.1 Å². The Bertz CT molecular complexity index is 353. The number of hydrogen-bond donors (Lipinski definition) is 0. The molecule has 0 N–H and O–H groups in total. The third kappa shape index (κ3) is 3.54. The quantitative estimate of drug-likeness (QED) is 0.573. The second kappa shape index (κ2) is 5.18. The van der Waals surface area contributed by atoms with E-state index in [1.807, 2.05) is 19.6 Å². The molecule has 1 fully saturated rings. The van der Waals surface area contributed by atoms with Crippen molar-refractivity contribution in [3.05, 3.63) is 0 Å². The smallest absolute Gasteiger partial charge is 0.316 e. The molecule has 1 saturated heterocycles. The fourth-order valence-corrected chi connectivity index (χ4v) is 2.52. The average Bonchev–Trinajstić information content (AvgIpc) is 2.56. The van der Waals surface area contributed by atoms with Crippen molar-refractivity contribution in [2.75, 3.05) is 5.88 Å². The molecule has 0 aromatic carbocycles. The number of nitrogens with zero attached hydrogens (tertiary/aromatic N) is 1. The van der Waals surface area contributed by atoms with Gasteiger partial charge in [0, 0.05) is 6.42 Å². The number of rotatable bonds is 3. The Kier molecular flexibility index (Phi) is 4.32. The summed E-state index contributed by atoms with van der Waals surface area (Å²) < 4.78 is 5.31. The summed E-state index contributed by atoms with van der Waals surface area (Å²) in [6, 6.07) is -0.791. The Morgan fingerprint density at radius 1 is 1.47 bits per heavy atom. The first-order chi connectivity index (χ1) is 7.76. The van der Waals surface area contributed by atoms with Crippen LogP contribution in [-0.2, 0) is 18.8 Å². The van der Waals surface area contributed by atoms with Crippen LogP contribution in [0.2, 0.25) is 19.6 Å². The first-order valence-electron chi connectivity index (χ1n) is 5.40. The highest BCUT2D eigenvalue weighted by Crippen LogP contribution is 2.21. The number of carbonyl (C=O) groups excluding carboxylic acids is 3. The summed E-state index contributed by atoms with van der Waals surface area (Å²) in [7, 11) is -2.02. The molecular formula is C10H16ClNO4Si. The van der Waals surface area contributed by atoms with Gasteiger partial charge in [-0.3, -0.25) is 19.3 Å². The third-order valence-corrected chi connectivity index (χ3v) is 3.32. The van der Waals surface area contributed by atoms with E-state index in [9.17, 15) is 14.4 Å².